The highest BCUT2D eigenvalue weighted by molar-refractivity contribution is 5.76. The summed E-state index contributed by atoms with van der Waals surface area (Å²) in [5.41, 5.74) is 0. The van der Waals surface area contributed by atoms with E-state index in [1.807, 2.05) is 0 Å². The van der Waals surface area contributed by atoms with E-state index in [1.165, 1.54) is 0 Å². The lowest BCUT2D eigenvalue weighted by Crippen LogP contribution is -2.42. The van der Waals surface area contributed by atoms with Crippen molar-refractivity contribution in [3.63, 3.8) is 0 Å². The molecule has 23 heavy (non-hydrogen) atoms. The molecule has 0 radical (unpaired) electrons. The largest absolute Gasteiger partial charge is 0.378 e. The van der Waals surface area contributed by atoms with Crippen molar-refractivity contribution < 1.29 is 28.9 Å². The van der Waals surface area contributed by atoms with Gasteiger partial charge in [0.2, 0.25) is 11.8 Å². The van der Waals surface area contributed by atoms with Crippen LogP contribution >= 0.6 is 0 Å². The number of amides is 2. The van der Waals surface area contributed by atoms with Gasteiger partial charge in [-0.05, 0) is 6.42 Å². The highest BCUT2D eigenvalue weighted by atomic mass is 16.6. The van der Waals surface area contributed by atoms with Crippen LogP contribution in [0.3, 0.4) is 0 Å². The van der Waals surface area contributed by atoms with Crippen LogP contribution in [0.2, 0.25) is 0 Å². The van der Waals surface area contributed by atoms with Gasteiger partial charge in [0.1, 0.15) is 0 Å². The van der Waals surface area contributed by atoms with Crippen molar-refractivity contribution in [2.24, 2.45) is 0 Å². The van der Waals surface area contributed by atoms with Crippen LogP contribution in [0.1, 0.15) is 19.3 Å². The SMILES string of the molecule is O=C(CCCOC(O)CC(=O)N1CCOCC1)N1CCOCC1. The van der Waals surface area contributed by atoms with Gasteiger partial charge in [-0.3, -0.25) is 9.59 Å². The Morgan fingerprint density at radius 3 is 2.04 bits per heavy atom. The number of ether oxygens (including phenoxy) is 3. The first-order chi connectivity index (χ1) is 11.2. The quantitative estimate of drug-likeness (QED) is 0.486. The number of morpholine rings is 2. The summed E-state index contributed by atoms with van der Waals surface area (Å²) in [5.74, 6) is -0.0547. The zero-order chi connectivity index (χ0) is 16.5. The molecule has 2 aliphatic rings. The van der Waals surface area contributed by atoms with Gasteiger partial charge in [0.05, 0.1) is 39.5 Å². The van der Waals surface area contributed by atoms with E-state index in [-0.39, 0.29) is 24.8 Å². The van der Waals surface area contributed by atoms with E-state index in [4.69, 9.17) is 14.2 Å². The van der Waals surface area contributed by atoms with Gasteiger partial charge in [0, 0.05) is 32.6 Å². The summed E-state index contributed by atoms with van der Waals surface area (Å²) in [5, 5.41) is 9.75. The summed E-state index contributed by atoms with van der Waals surface area (Å²) in [6.07, 6.45) is -0.274. The molecule has 2 aliphatic heterocycles. The maximum atomic E-state index is 11.9. The number of carbonyl (C=O) groups is 2. The van der Waals surface area contributed by atoms with Crippen molar-refractivity contribution in [3.05, 3.63) is 0 Å². The second-order valence-corrected chi connectivity index (χ2v) is 5.62. The standard InChI is InChI=1S/C15H26N2O6/c18-13(16-3-8-21-9-4-16)2-1-7-23-15(20)12-14(19)17-5-10-22-11-6-17/h15,20H,1-12H2. The van der Waals surface area contributed by atoms with Gasteiger partial charge in [-0.25, -0.2) is 0 Å². The van der Waals surface area contributed by atoms with Gasteiger partial charge in [-0.1, -0.05) is 0 Å². The first kappa shape index (κ1) is 18.1. The number of hydrogen-bond donors (Lipinski definition) is 1. The van der Waals surface area contributed by atoms with Gasteiger partial charge in [0.15, 0.2) is 6.29 Å². The molecule has 0 aromatic heterocycles. The predicted octanol–water partition coefficient (Wildman–Crippen LogP) is -0.791. The van der Waals surface area contributed by atoms with Gasteiger partial charge >= 0.3 is 0 Å². The van der Waals surface area contributed by atoms with Crippen molar-refractivity contribution in [2.75, 3.05) is 59.2 Å². The number of aliphatic hydroxyl groups excluding tert-OH is 1. The van der Waals surface area contributed by atoms with Gasteiger partial charge in [-0.2, -0.15) is 0 Å². The number of hydrogen-bond acceptors (Lipinski definition) is 6. The summed E-state index contributed by atoms with van der Waals surface area (Å²) >= 11 is 0. The molecule has 0 aromatic rings. The third kappa shape index (κ3) is 6.42. The van der Waals surface area contributed by atoms with Crippen molar-refractivity contribution in [2.45, 2.75) is 25.6 Å². The lowest BCUT2D eigenvalue weighted by Gasteiger charge is -2.27. The van der Waals surface area contributed by atoms with E-state index in [0.29, 0.717) is 65.4 Å². The average molecular weight is 330 g/mol. The fourth-order valence-electron chi connectivity index (χ4n) is 2.56. The Bertz CT molecular complexity index is 380. The third-order valence-corrected chi connectivity index (χ3v) is 3.92. The van der Waals surface area contributed by atoms with E-state index in [9.17, 15) is 14.7 Å². The Morgan fingerprint density at radius 2 is 1.48 bits per heavy atom. The summed E-state index contributed by atoms with van der Waals surface area (Å²) in [6.45, 7) is 4.88. The highest BCUT2D eigenvalue weighted by Gasteiger charge is 2.20. The van der Waals surface area contributed by atoms with Gasteiger partial charge in [0.25, 0.3) is 0 Å². The van der Waals surface area contributed by atoms with E-state index >= 15 is 0 Å². The normalized spacial score (nSPS) is 20.4. The number of carbonyl (C=O) groups excluding carboxylic acids is 2. The van der Waals surface area contributed by atoms with E-state index in [0.717, 1.165) is 0 Å². The number of aliphatic hydroxyl groups is 1. The molecule has 1 N–H and O–H groups in total. The fraction of sp³-hybridized carbons (Fsp3) is 0.867. The molecule has 2 saturated heterocycles. The molecule has 8 nitrogen and oxygen atoms in total. The predicted molar refractivity (Wildman–Crippen MR) is 80.6 cm³/mol. The Hall–Kier alpha value is -1.22. The monoisotopic (exact) mass is 330 g/mol. The second kappa shape index (κ2) is 9.82. The Labute approximate surface area is 136 Å². The van der Waals surface area contributed by atoms with Gasteiger partial charge < -0.3 is 29.1 Å². The summed E-state index contributed by atoms with van der Waals surface area (Å²) in [4.78, 5) is 27.3. The van der Waals surface area contributed by atoms with Crippen LogP contribution in [0, 0.1) is 0 Å². The Balaban J connectivity index is 1.54. The minimum atomic E-state index is -1.12. The van der Waals surface area contributed by atoms with E-state index < -0.39 is 6.29 Å². The van der Waals surface area contributed by atoms with Crippen LogP contribution in [0.25, 0.3) is 0 Å². The average Bonchev–Trinajstić information content (AvgIpc) is 2.60. The molecule has 8 heteroatoms. The molecule has 0 saturated carbocycles. The van der Waals surface area contributed by atoms with Crippen LogP contribution in [0.15, 0.2) is 0 Å². The first-order valence-corrected chi connectivity index (χ1v) is 8.17. The van der Waals surface area contributed by atoms with Crippen molar-refractivity contribution in [1.29, 1.82) is 0 Å². The van der Waals surface area contributed by atoms with Crippen LogP contribution in [-0.2, 0) is 23.8 Å². The molecule has 2 rings (SSSR count). The third-order valence-electron chi connectivity index (χ3n) is 3.92. The first-order valence-electron chi connectivity index (χ1n) is 8.17. The van der Waals surface area contributed by atoms with Crippen LogP contribution in [-0.4, -0.2) is 92.2 Å². The molecule has 0 bridgehead atoms. The van der Waals surface area contributed by atoms with Crippen LogP contribution in [0.4, 0.5) is 0 Å². The van der Waals surface area contributed by atoms with Crippen molar-refractivity contribution in [3.8, 4) is 0 Å². The second-order valence-electron chi connectivity index (χ2n) is 5.62. The lowest BCUT2D eigenvalue weighted by atomic mass is 10.2. The fourth-order valence-corrected chi connectivity index (χ4v) is 2.56. The van der Waals surface area contributed by atoms with Crippen LogP contribution < -0.4 is 0 Å². The van der Waals surface area contributed by atoms with Gasteiger partial charge in [-0.15, -0.1) is 0 Å². The summed E-state index contributed by atoms with van der Waals surface area (Å²) in [7, 11) is 0. The molecule has 2 amide bonds. The zero-order valence-corrected chi connectivity index (χ0v) is 13.4. The van der Waals surface area contributed by atoms with Crippen molar-refractivity contribution >= 4 is 11.8 Å². The molecule has 1 unspecified atom stereocenters. The smallest absolute Gasteiger partial charge is 0.227 e. The van der Waals surface area contributed by atoms with E-state index in [2.05, 4.69) is 0 Å². The molecule has 132 valence electrons. The molecule has 0 spiro atoms. The zero-order valence-electron chi connectivity index (χ0n) is 13.4. The highest BCUT2D eigenvalue weighted by Crippen LogP contribution is 2.06. The molecular formula is C15H26N2O6. The maximum absolute atomic E-state index is 11.9. The van der Waals surface area contributed by atoms with Crippen LogP contribution in [0.5, 0.6) is 0 Å². The Kier molecular flexibility index (Phi) is 7.73. The number of rotatable bonds is 7. The van der Waals surface area contributed by atoms with Crippen molar-refractivity contribution in [1.82, 2.24) is 9.80 Å². The lowest BCUT2D eigenvalue weighted by molar-refractivity contribution is -0.151. The molecule has 1 atom stereocenters. The molecule has 2 fully saturated rings. The molecule has 0 aliphatic carbocycles. The maximum Gasteiger partial charge on any atom is 0.227 e. The summed E-state index contributed by atoms with van der Waals surface area (Å²) < 4.78 is 15.6. The topological polar surface area (TPSA) is 88.5 Å². The molecular weight excluding hydrogens is 304 g/mol. The van der Waals surface area contributed by atoms with E-state index in [1.54, 1.807) is 9.80 Å². The molecule has 0 aromatic carbocycles. The minimum absolute atomic E-state index is 0.0581. The Morgan fingerprint density at radius 1 is 0.957 bits per heavy atom. The minimum Gasteiger partial charge on any atom is -0.378 e. The molecule has 2 heterocycles. The summed E-state index contributed by atoms with van der Waals surface area (Å²) in [6, 6.07) is 0. The number of nitrogens with zero attached hydrogens (tertiary/aromatic N) is 2.